The van der Waals surface area contributed by atoms with E-state index in [9.17, 15) is 0 Å². The van der Waals surface area contributed by atoms with E-state index in [-0.39, 0.29) is 0 Å². The van der Waals surface area contributed by atoms with Gasteiger partial charge in [-0.05, 0) is 48.0 Å². The van der Waals surface area contributed by atoms with Gasteiger partial charge in [0.15, 0.2) is 17.1 Å². The third-order valence-corrected chi connectivity index (χ3v) is 5.34. The first-order valence-electron chi connectivity index (χ1n) is 9.23. The molecule has 5 nitrogen and oxygen atoms in total. The fraction of sp³-hybridized carbons (Fsp3) is 0.130. The normalized spacial score (nSPS) is 11.4. The van der Waals surface area contributed by atoms with E-state index in [4.69, 9.17) is 31.0 Å². The molecule has 29 heavy (non-hydrogen) atoms. The number of fused-ring (bicyclic) bond motifs is 4. The van der Waals surface area contributed by atoms with Crippen LogP contribution in [0, 0.1) is 0 Å². The Kier molecular flexibility index (Phi) is 4.25. The smallest absolute Gasteiger partial charge is 0.161 e. The van der Waals surface area contributed by atoms with Gasteiger partial charge in [-0.3, -0.25) is 0 Å². The predicted molar refractivity (Wildman–Crippen MR) is 116 cm³/mol. The quantitative estimate of drug-likeness (QED) is 0.400. The molecular formula is C23H18ClN3O2. The number of aromatic nitrogens is 3. The highest BCUT2D eigenvalue weighted by molar-refractivity contribution is 6.31. The molecule has 0 N–H and O–H groups in total. The number of benzene rings is 3. The van der Waals surface area contributed by atoms with E-state index < -0.39 is 0 Å². The summed E-state index contributed by atoms with van der Waals surface area (Å²) in [7, 11) is 3.27. The lowest BCUT2D eigenvalue weighted by molar-refractivity contribution is 0.354. The van der Waals surface area contributed by atoms with Crippen LogP contribution >= 0.6 is 11.6 Å². The molecule has 0 spiro atoms. The second-order valence-corrected chi connectivity index (χ2v) is 7.26. The fourth-order valence-electron chi connectivity index (χ4n) is 3.73. The van der Waals surface area contributed by atoms with Crippen molar-refractivity contribution in [2.45, 2.75) is 6.54 Å². The zero-order chi connectivity index (χ0) is 20.0. The lowest BCUT2D eigenvalue weighted by Gasteiger charge is -2.11. The summed E-state index contributed by atoms with van der Waals surface area (Å²) in [4.78, 5) is 9.80. The van der Waals surface area contributed by atoms with Crippen LogP contribution in [0.15, 0.2) is 60.7 Å². The number of hydrogen-bond acceptors (Lipinski definition) is 4. The Morgan fingerprint density at radius 3 is 2.38 bits per heavy atom. The zero-order valence-corrected chi connectivity index (χ0v) is 16.8. The molecule has 0 atom stereocenters. The summed E-state index contributed by atoms with van der Waals surface area (Å²) in [6.07, 6.45) is 0. The van der Waals surface area contributed by atoms with Crippen molar-refractivity contribution in [1.29, 1.82) is 0 Å². The molecule has 2 heterocycles. The van der Waals surface area contributed by atoms with E-state index in [1.165, 1.54) is 0 Å². The van der Waals surface area contributed by atoms with Gasteiger partial charge in [0.25, 0.3) is 0 Å². The average Bonchev–Trinajstić information content (AvgIpc) is 3.04. The molecule has 0 bridgehead atoms. The Hall–Kier alpha value is -3.31. The van der Waals surface area contributed by atoms with Gasteiger partial charge in [-0.2, -0.15) is 0 Å². The SMILES string of the molecule is COc1ccc(Cn2c3ccc(Cl)cc3c3nc4ccccc4nc32)cc1OC. The monoisotopic (exact) mass is 403 g/mol. The van der Waals surface area contributed by atoms with Gasteiger partial charge >= 0.3 is 0 Å². The summed E-state index contributed by atoms with van der Waals surface area (Å²) in [5.41, 5.74) is 5.52. The van der Waals surface area contributed by atoms with Gasteiger partial charge in [-0.25, -0.2) is 9.97 Å². The minimum atomic E-state index is 0.620. The molecule has 5 rings (SSSR count). The van der Waals surface area contributed by atoms with Gasteiger partial charge in [-0.1, -0.05) is 29.8 Å². The highest BCUT2D eigenvalue weighted by Gasteiger charge is 2.16. The van der Waals surface area contributed by atoms with Crippen LogP contribution < -0.4 is 9.47 Å². The third kappa shape index (κ3) is 2.95. The molecule has 5 aromatic rings. The van der Waals surface area contributed by atoms with Crippen LogP contribution in [-0.4, -0.2) is 28.8 Å². The Labute approximate surface area is 172 Å². The zero-order valence-electron chi connectivity index (χ0n) is 16.0. The third-order valence-electron chi connectivity index (χ3n) is 5.10. The van der Waals surface area contributed by atoms with E-state index in [0.29, 0.717) is 23.1 Å². The topological polar surface area (TPSA) is 49.2 Å². The van der Waals surface area contributed by atoms with Crippen LogP contribution in [0.2, 0.25) is 5.02 Å². The lowest BCUT2D eigenvalue weighted by Crippen LogP contribution is -2.02. The first-order valence-corrected chi connectivity index (χ1v) is 9.61. The van der Waals surface area contributed by atoms with E-state index in [2.05, 4.69) is 4.57 Å². The van der Waals surface area contributed by atoms with Gasteiger partial charge in [0.05, 0.1) is 30.8 Å². The molecule has 144 valence electrons. The lowest BCUT2D eigenvalue weighted by atomic mass is 10.2. The van der Waals surface area contributed by atoms with E-state index in [1.807, 2.05) is 60.7 Å². The van der Waals surface area contributed by atoms with Crippen molar-refractivity contribution in [3.05, 3.63) is 71.2 Å². The molecule has 0 saturated carbocycles. The van der Waals surface area contributed by atoms with E-state index in [0.717, 1.165) is 38.7 Å². The van der Waals surface area contributed by atoms with Gasteiger partial charge in [0, 0.05) is 17.0 Å². The standard InChI is InChI=1S/C23H18ClN3O2/c1-28-20-10-7-14(11-21(20)29-2)13-27-19-9-8-15(24)12-16(19)22-23(27)26-18-6-4-3-5-17(18)25-22/h3-12H,13H2,1-2H3. The van der Waals surface area contributed by atoms with Crippen LogP contribution in [0.5, 0.6) is 11.5 Å². The van der Waals surface area contributed by atoms with Gasteiger partial charge in [-0.15, -0.1) is 0 Å². The van der Waals surface area contributed by atoms with Gasteiger partial charge in [0.1, 0.15) is 5.52 Å². The minimum absolute atomic E-state index is 0.620. The fourth-order valence-corrected chi connectivity index (χ4v) is 3.90. The number of ether oxygens (including phenoxy) is 2. The number of nitrogens with zero attached hydrogens (tertiary/aromatic N) is 3. The molecule has 0 amide bonds. The molecule has 0 saturated heterocycles. The van der Waals surface area contributed by atoms with Gasteiger partial charge in [0.2, 0.25) is 0 Å². The molecule has 0 aliphatic heterocycles. The van der Waals surface area contributed by atoms with Crippen molar-refractivity contribution in [1.82, 2.24) is 14.5 Å². The average molecular weight is 404 g/mol. The first kappa shape index (κ1) is 17.8. The summed E-state index contributed by atoms with van der Waals surface area (Å²) in [6, 6.07) is 19.7. The summed E-state index contributed by atoms with van der Waals surface area (Å²) in [6.45, 7) is 0.620. The van der Waals surface area contributed by atoms with Crippen molar-refractivity contribution in [2.24, 2.45) is 0 Å². The second-order valence-electron chi connectivity index (χ2n) is 6.82. The number of rotatable bonds is 4. The van der Waals surface area contributed by atoms with Crippen LogP contribution in [0.3, 0.4) is 0 Å². The number of methoxy groups -OCH3 is 2. The van der Waals surface area contributed by atoms with Crippen molar-refractivity contribution >= 4 is 44.7 Å². The molecular weight excluding hydrogens is 386 g/mol. The Balaban J connectivity index is 1.76. The number of hydrogen-bond donors (Lipinski definition) is 0. The molecule has 2 aromatic heterocycles. The van der Waals surface area contributed by atoms with Crippen LogP contribution in [0.1, 0.15) is 5.56 Å². The minimum Gasteiger partial charge on any atom is -0.493 e. The Bertz CT molecular complexity index is 1380. The second kappa shape index (κ2) is 6.94. The molecule has 0 radical (unpaired) electrons. The number of halogens is 1. The highest BCUT2D eigenvalue weighted by Crippen LogP contribution is 2.33. The summed E-state index contributed by atoms with van der Waals surface area (Å²) < 4.78 is 13.0. The molecule has 0 fully saturated rings. The maximum absolute atomic E-state index is 6.29. The summed E-state index contributed by atoms with van der Waals surface area (Å²) >= 11 is 6.29. The first-order chi connectivity index (χ1) is 14.2. The van der Waals surface area contributed by atoms with Crippen LogP contribution in [-0.2, 0) is 6.54 Å². The maximum atomic E-state index is 6.29. The molecule has 0 aliphatic rings. The van der Waals surface area contributed by atoms with Crippen molar-refractivity contribution in [2.75, 3.05) is 14.2 Å². The molecule has 0 aliphatic carbocycles. The van der Waals surface area contributed by atoms with Crippen molar-refractivity contribution in [3.63, 3.8) is 0 Å². The van der Waals surface area contributed by atoms with Crippen molar-refractivity contribution < 1.29 is 9.47 Å². The highest BCUT2D eigenvalue weighted by atomic mass is 35.5. The van der Waals surface area contributed by atoms with Crippen molar-refractivity contribution in [3.8, 4) is 11.5 Å². The largest absolute Gasteiger partial charge is 0.493 e. The summed E-state index contributed by atoms with van der Waals surface area (Å²) in [5, 5.41) is 1.67. The van der Waals surface area contributed by atoms with Crippen LogP contribution in [0.25, 0.3) is 33.1 Å². The Morgan fingerprint density at radius 1 is 0.862 bits per heavy atom. The Morgan fingerprint density at radius 2 is 1.62 bits per heavy atom. The summed E-state index contributed by atoms with van der Waals surface area (Å²) in [5.74, 6) is 1.40. The molecule has 6 heteroatoms. The van der Waals surface area contributed by atoms with E-state index >= 15 is 0 Å². The van der Waals surface area contributed by atoms with Crippen LogP contribution in [0.4, 0.5) is 0 Å². The maximum Gasteiger partial charge on any atom is 0.161 e. The van der Waals surface area contributed by atoms with E-state index in [1.54, 1.807) is 14.2 Å². The number of para-hydroxylation sites is 2. The predicted octanol–water partition coefficient (Wildman–Crippen LogP) is 5.46. The molecule has 3 aromatic carbocycles. The van der Waals surface area contributed by atoms with Gasteiger partial charge < -0.3 is 14.0 Å². The molecule has 0 unspecified atom stereocenters.